The van der Waals surface area contributed by atoms with Gasteiger partial charge in [-0.05, 0) is 35.3 Å². The van der Waals surface area contributed by atoms with Gasteiger partial charge in [-0.25, -0.2) is 9.97 Å². The maximum atomic E-state index is 12.1. The second-order valence-electron chi connectivity index (χ2n) is 7.83. The molecular weight excluding hydrogens is 450 g/mol. The monoisotopic (exact) mass is 477 g/mol. The summed E-state index contributed by atoms with van der Waals surface area (Å²) >= 11 is 0. The van der Waals surface area contributed by atoms with E-state index in [1.165, 1.54) is 33.2 Å². The molecular formula is C25H27N5O5. The Labute approximate surface area is 203 Å². The third-order valence-electron chi connectivity index (χ3n) is 5.82. The molecule has 0 unspecified atom stereocenters. The molecule has 1 aliphatic heterocycles. The smallest absolute Gasteiger partial charge is 0.353 e. The van der Waals surface area contributed by atoms with Crippen LogP contribution in [0.2, 0.25) is 0 Å². The molecule has 0 saturated heterocycles. The van der Waals surface area contributed by atoms with Crippen LogP contribution in [0.4, 0.5) is 17.3 Å². The van der Waals surface area contributed by atoms with Crippen molar-refractivity contribution in [1.82, 2.24) is 9.97 Å². The Morgan fingerprint density at radius 1 is 1.06 bits per heavy atom. The summed E-state index contributed by atoms with van der Waals surface area (Å²) in [6.45, 7) is 1.39. The minimum atomic E-state index is -0.441. The van der Waals surface area contributed by atoms with Crippen molar-refractivity contribution in [1.29, 1.82) is 0 Å². The normalized spacial score (nSPS) is 13.1. The molecule has 182 valence electrons. The molecule has 10 heteroatoms. The predicted molar refractivity (Wildman–Crippen MR) is 133 cm³/mol. The van der Waals surface area contributed by atoms with E-state index in [4.69, 9.17) is 14.2 Å². The number of hydrogen-bond acceptors (Lipinski definition) is 9. The molecule has 1 aromatic heterocycles. The van der Waals surface area contributed by atoms with Crippen molar-refractivity contribution >= 4 is 22.9 Å². The summed E-state index contributed by atoms with van der Waals surface area (Å²) < 4.78 is 16.1. The molecule has 0 atom stereocenters. The van der Waals surface area contributed by atoms with Crippen LogP contribution in [0.5, 0.6) is 17.2 Å². The molecule has 3 aromatic rings. The summed E-state index contributed by atoms with van der Waals surface area (Å²) in [5.41, 5.74) is 3.01. The second-order valence-corrected chi connectivity index (χ2v) is 7.83. The van der Waals surface area contributed by atoms with Gasteiger partial charge in [-0.2, -0.15) is 0 Å². The highest BCUT2D eigenvalue weighted by Crippen LogP contribution is 2.39. The maximum Gasteiger partial charge on any atom is 0.353 e. The van der Waals surface area contributed by atoms with Crippen LogP contribution in [0.1, 0.15) is 17.5 Å². The molecule has 4 rings (SSSR count). The SMILES string of the molecule is COc1cc(CNc2ncnc(N3CC=C(c4ccccc4)CC3)c2[N+](=O)[O-])cc(OC)c1OC. The van der Waals surface area contributed by atoms with Crippen LogP contribution < -0.4 is 24.4 Å². The fourth-order valence-corrected chi connectivity index (χ4v) is 4.10. The summed E-state index contributed by atoms with van der Waals surface area (Å²) in [5, 5.41) is 15.1. The standard InChI is InChI=1S/C25H27N5O5/c1-33-20-13-17(14-21(34-2)23(20)35-3)15-26-24-22(30(31)32)25(28-16-27-24)29-11-9-19(10-12-29)18-7-5-4-6-8-18/h4-9,13-14,16H,10-12,15H2,1-3H3,(H,26,27,28). The number of anilines is 2. The Hall–Kier alpha value is -4.34. The zero-order chi connectivity index (χ0) is 24.8. The topological polar surface area (TPSA) is 112 Å². The Morgan fingerprint density at radius 3 is 2.34 bits per heavy atom. The molecule has 0 amide bonds. The van der Waals surface area contributed by atoms with Crippen LogP contribution in [0.3, 0.4) is 0 Å². The fourth-order valence-electron chi connectivity index (χ4n) is 4.10. The number of methoxy groups -OCH3 is 3. The molecule has 2 heterocycles. The Bertz CT molecular complexity index is 1210. The molecule has 0 fully saturated rings. The second kappa shape index (κ2) is 10.7. The number of hydrogen-bond donors (Lipinski definition) is 1. The zero-order valence-electron chi connectivity index (χ0n) is 19.9. The van der Waals surface area contributed by atoms with Gasteiger partial charge in [0.25, 0.3) is 0 Å². The third kappa shape index (κ3) is 5.11. The van der Waals surface area contributed by atoms with Crippen molar-refractivity contribution in [3.63, 3.8) is 0 Å². The molecule has 10 nitrogen and oxygen atoms in total. The number of aromatic nitrogens is 2. The third-order valence-corrected chi connectivity index (χ3v) is 5.82. The van der Waals surface area contributed by atoms with Crippen LogP contribution in [0.25, 0.3) is 5.57 Å². The molecule has 0 radical (unpaired) electrons. The van der Waals surface area contributed by atoms with Gasteiger partial charge in [-0.15, -0.1) is 0 Å². The first kappa shape index (κ1) is 23.8. The number of ether oxygens (including phenoxy) is 3. The van der Waals surface area contributed by atoms with E-state index in [0.29, 0.717) is 36.2 Å². The minimum Gasteiger partial charge on any atom is -0.493 e. The van der Waals surface area contributed by atoms with Crippen LogP contribution in [-0.2, 0) is 6.54 Å². The van der Waals surface area contributed by atoms with Gasteiger partial charge >= 0.3 is 5.69 Å². The summed E-state index contributed by atoms with van der Waals surface area (Å²) in [5.74, 6) is 1.90. The van der Waals surface area contributed by atoms with Crippen molar-refractivity contribution in [2.45, 2.75) is 13.0 Å². The average Bonchev–Trinajstić information content (AvgIpc) is 2.91. The van der Waals surface area contributed by atoms with Crippen molar-refractivity contribution in [3.05, 3.63) is 76.1 Å². The Balaban J connectivity index is 1.57. The molecule has 35 heavy (non-hydrogen) atoms. The molecule has 1 aliphatic rings. The van der Waals surface area contributed by atoms with Crippen molar-refractivity contribution < 1.29 is 19.1 Å². The van der Waals surface area contributed by atoms with Gasteiger partial charge < -0.3 is 24.4 Å². The van der Waals surface area contributed by atoms with E-state index >= 15 is 0 Å². The van der Waals surface area contributed by atoms with Crippen LogP contribution in [0.15, 0.2) is 54.9 Å². The summed E-state index contributed by atoms with van der Waals surface area (Å²) in [6.07, 6.45) is 4.20. The quantitative estimate of drug-likeness (QED) is 0.356. The molecule has 0 spiro atoms. The lowest BCUT2D eigenvalue weighted by Crippen LogP contribution is -2.30. The largest absolute Gasteiger partial charge is 0.493 e. The lowest BCUT2D eigenvalue weighted by Gasteiger charge is -2.27. The van der Waals surface area contributed by atoms with Gasteiger partial charge in [-0.1, -0.05) is 36.4 Å². The highest BCUT2D eigenvalue weighted by molar-refractivity contribution is 5.73. The first-order valence-corrected chi connectivity index (χ1v) is 11.1. The van der Waals surface area contributed by atoms with Gasteiger partial charge in [0.2, 0.25) is 17.4 Å². The van der Waals surface area contributed by atoms with Gasteiger partial charge in [0.1, 0.15) is 6.33 Å². The van der Waals surface area contributed by atoms with E-state index in [-0.39, 0.29) is 18.1 Å². The first-order chi connectivity index (χ1) is 17.0. The van der Waals surface area contributed by atoms with Gasteiger partial charge in [0.15, 0.2) is 11.5 Å². The van der Waals surface area contributed by atoms with E-state index < -0.39 is 4.92 Å². The fraction of sp³-hybridized carbons (Fsp3) is 0.280. The van der Waals surface area contributed by atoms with Gasteiger partial charge in [-0.3, -0.25) is 10.1 Å². The number of nitrogens with one attached hydrogen (secondary N) is 1. The van der Waals surface area contributed by atoms with Crippen molar-refractivity contribution in [2.24, 2.45) is 0 Å². The first-order valence-electron chi connectivity index (χ1n) is 11.1. The average molecular weight is 478 g/mol. The van der Waals surface area contributed by atoms with E-state index in [0.717, 1.165) is 17.5 Å². The summed E-state index contributed by atoms with van der Waals surface area (Å²) in [7, 11) is 4.60. The summed E-state index contributed by atoms with van der Waals surface area (Å²) in [4.78, 5) is 21.9. The van der Waals surface area contributed by atoms with Crippen molar-refractivity contribution in [2.75, 3.05) is 44.6 Å². The number of nitrogens with zero attached hydrogens (tertiary/aromatic N) is 4. The Kier molecular flexibility index (Phi) is 7.30. The van der Waals surface area contributed by atoms with Gasteiger partial charge in [0.05, 0.1) is 26.3 Å². The molecule has 2 aromatic carbocycles. The number of nitro groups is 1. The van der Waals surface area contributed by atoms with Crippen molar-refractivity contribution in [3.8, 4) is 17.2 Å². The van der Waals surface area contributed by atoms with E-state index in [1.54, 1.807) is 12.1 Å². The molecule has 0 aliphatic carbocycles. The molecule has 0 bridgehead atoms. The lowest BCUT2D eigenvalue weighted by molar-refractivity contribution is -0.383. The highest BCUT2D eigenvalue weighted by atomic mass is 16.6. The number of rotatable bonds is 9. The number of benzene rings is 2. The van der Waals surface area contributed by atoms with E-state index in [2.05, 4.69) is 33.5 Å². The van der Waals surface area contributed by atoms with Crippen LogP contribution in [-0.4, -0.2) is 49.3 Å². The van der Waals surface area contributed by atoms with E-state index in [9.17, 15) is 10.1 Å². The van der Waals surface area contributed by atoms with Gasteiger partial charge in [0, 0.05) is 19.6 Å². The Morgan fingerprint density at radius 2 is 1.77 bits per heavy atom. The van der Waals surface area contributed by atoms with Crippen LogP contribution >= 0.6 is 0 Å². The van der Waals surface area contributed by atoms with E-state index in [1.807, 2.05) is 23.1 Å². The molecule has 0 saturated carbocycles. The maximum absolute atomic E-state index is 12.1. The predicted octanol–water partition coefficient (Wildman–Crippen LogP) is 4.32. The zero-order valence-corrected chi connectivity index (χ0v) is 19.9. The van der Waals surface area contributed by atoms with Crippen LogP contribution in [0, 0.1) is 10.1 Å². The molecule has 1 N–H and O–H groups in total. The lowest BCUT2D eigenvalue weighted by atomic mass is 9.99. The summed E-state index contributed by atoms with van der Waals surface area (Å²) in [6, 6.07) is 13.7. The highest BCUT2D eigenvalue weighted by Gasteiger charge is 2.28. The minimum absolute atomic E-state index is 0.145.